The van der Waals surface area contributed by atoms with Crippen LogP contribution in [-0.4, -0.2) is 29.8 Å². The molecule has 20 heavy (non-hydrogen) atoms. The molecule has 0 unspecified atom stereocenters. The van der Waals surface area contributed by atoms with E-state index in [2.05, 4.69) is 51.8 Å². The summed E-state index contributed by atoms with van der Waals surface area (Å²) in [6, 6.07) is 8.29. The van der Waals surface area contributed by atoms with E-state index in [0.29, 0.717) is 6.54 Å². The standard InChI is InChI=1S/C15H21N3OS/c1-3-18(8-9-19)14-6-4-13(5-7-14)16-10-15-17-12(2)11-20-15/h4-7,11,16,19H,3,8-10H2,1-2H3. The highest BCUT2D eigenvalue weighted by Gasteiger charge is 2.03. The van der Waals surface area contributed by atoms with Crippen molar-refractivity contribution in [3.05, 3.63) is 40.3 Å². The molecule has 0 aliphatic heterocycles. The maximum Gasteiger partial charge on any atom is 0.112 e. The van der Waals surface area contributed by atoms with Gasteiger partial charge in [0.25, 0.3) is 0 Å². The second kappa shape index (κ2) is 7.26. The predicted molar refractivity (Wildman–Crippen MR) is 85.6 cm³/mol. The van der Waals surface area contributed by atoms with Crippen molar-refractivity contribution in [1.29, 1.82) is 0 Å². The molecule has 0 atom stereocenters. The molecule has 1 heterocycles. The molecule has 5 heteroatoms. The van der Waals surface area contributed by atoms with Crippen LogP contribution in [-0.2, 0) is 6.54 Å². The first-order chi connectivity index (χ1) is 9.72. The zero-order valence-electron chi connectivity index (χ0n) is 12.0. The summed E-state index contributed by atoms with van der Waals surface area (Å²) < 4.78 is 0. The third-order valence-electron chi connectivity index (χ3n) is 3.09. The Bertz CT molecular complexity index is 524. The summed E-state index contributed by atoms with van der Waals surface area (Å²) in [6.45, 7) is 6.60. The molecular weight excluding hydrogens is 270 g/mol. The largest absolute Gasteiger partial charge is 0.395 e. The van der Waals surface area contributed by atoms with Crippen molar-refractivity contribution >= 4 is 22.7 Å². The smallest absolute Gasteiger partial charge is 0.112 e. The Hall–Kier alpha value is -1.59. The second-order valence-corrected chi connectivity index (χ2v) is 5.53. The van der Waals surface area contributed by atoms with Crippen molar-refractivity contribution in [3.63, 3.8) is 0 Å². The fraction of sp³-hybridized carbons (Fsp3) is 0.400. The predicted octanol–water partition coefficient (Wildman–Crippen LogP) is 2.88. The normalized spacial score (nSPS) is 10.6. The highest BCUT2D eigenvalue weighted by atomic mass is 32.1. The van der Waals surface area contributed by atoms with Gasteiger partial charge in [-0.15, -0.1) is 11.3 Å². The highest BCUT2D eigenvalue weighted by Crippen LogP contribution is 2.18. The number of nitrogens with one attached hydrogen (secondary N) is 1. The van der Waals surface area contributed by atoms with Crippen LogP contribution in [0.4, 0.5) is 11.4 Å². The van der Waals surface area contributed by atoms with Crippen LogP contribution in [0.1, 0.15) is 17.6 Å². The minimum atomic E-state index is 0.178. The molecule has 0 fully saturated rings. The Labute approximate surface area is 124 Å². The van der Waals surface area contributed by atoms with Crippen molar-refractivity contribution in [3.8, 4) is 0 Å². The minimum Gasteiger partial charge on any atom is -0.395 e. The zero-order chi connectivity index (χ0) is 14.4. The summed E-state index contributed by atoms with van der Waals surface area (Å²) in [5.74, 6) is 0. The van der Waals surface area contributed by atoms with E-state index in [1.165, 1.54) is 0 Å². The van der Waals surface area contributed by atoms with Crippen LogP contribution in [0, 0.1) is 6.92 Å². The second-order valence-electron chi connectivity index (χ2n) is 4.59. The monoisotopic (exact) mass is 291 g/mol. The molecule has 1 aromatic heterocycles. The lowest BCUT2D eigenvalue weighted by atomic mass is 10.2. The molecule has 4 nitrogen and oxygen atoms in total. The van der Waals surface area contributed by atoms with Gasteiger partial charge in [-0.1, -0.05) is 0 Å². The SMILES string of the molecule is CCN(CCO)c1ccc(NCc2nc(C)cs2)cc1. The zero-order valence-corrected chi connectivity index (χ0v) is 12.8. The van der Waals surface area contributed by atoms with Gasteiger partial charge >= 0.3 is 0 Å². The fourth-order valence-corrected chi connectivity index (χ4v) is 2.75. The molecule has 0 amide bonds. The number of aryl methyl sites for hydroxylation is 1. The number of thiazole rings is 1. The lowest BCUT2D eigenvalue weighted by Gasteiger charge is -2.22. The van der Waals surface area contributed by atoms with Crippen LogP contribution < -0.4 is 10.2 Å². The van der Waals surface area contributed by atoms with Crippen LogP contribution in [0.2, 0.25) is 0 Å². The number of rotatable bonds is 7. The van der Waals surface area contributed by atoms with Gasteiger partial charge in [0.15, 0.2) is 0 Å². The molecule has 0 saturated carbocycles. The number of anilines is 2. The summed E-state index contributed by atoms with van der Waals surface area (Å²) in [7, 11) is 0. The summed E-state index contributed by atoms with van der Waals surface area (Å²) in [5.41, 5.74) is 3.29. The van der Waals surface area contributed by atoms with Crippen molar-refractivity contribution in [2.75, 3.05) is 29.9 Å². The van der Waals surface area contributed by atoms with Crippen molar-refractivity contribution in [1.82, 2.24) is 4.98 Å². The number of aromatic nitrogens is 1. The lowest BCUT2D eigenvalue weighted by molar-refractivity contribution is 0.302. The van der Waals surface area contributed by atoms with Crippen molar-refractivity contribution in [2.45, 2.75) is 20.4 Å². The van der Waals surface area contributed by atoms with Crippen LogP contribution in [0.5, 0.6) is 0 Å². The number of likely N-dealkylation sites (N-methyl/N-ethyl adjacent to an activating group) is 1. The summed E-state index contributed by atoms with van der Waals surface area (Å²) in [4.78, 5) is 6.58. The van der Waals surface area contributed by atoms with Gasteiger partial charge < -0.3 is 15.3 Å². The number of nitrogens with zero attached hydrogens (tertiary/aromatic N) is 2. The van der Waals surface area contributed by atoms with E-state index in [-0.39, 0.29) is 6.61 Å². The topological polar surface area (TPSA) is 48.4 Å². The average molecular weight is 291 g/mol. The van der Waals surface area contributed by atoms with Gasteiger partial charge in [-0.05, 0) is 38.1 Å². The molecule has 2 aromatic rings. The van der Waals surface area contributed by atoms with Gasteiger partial charge in [0.2, 0.25) is 0 Å². The van der Waals surface area contributed by atoms with E-state index in [4.69, 9.17) is 5.11 Å². The first kappa shape index (κ1) is 14.8. The molecule has 1 aromatic carbocycles. The maximum absolute atomic E-state index is 9.04. The minimum absolute atomic E-state index is 0.178. The Morgan fingerprint density at radius 2 is 2.05 bits per heavy atom. The molecule has 0 aliphatic carbocycles. The molecular formula is C15H21N3OS. The quantitative estimate of drug-likeness (QED) is 0.823. The van der Waals surface area contributed by atoms with Crippen molar-refractivity contribution < 1.29 is 5.11 Å². The Morgan fingerprint density at radius 3 is 2.60 bits per heavy atom. The number of aliphatic hydroxyl groups excluding tert-OH is 1. The molecule has 108 valence electrons. The van der Waals surface area contributed by atoms with Gasteiger partial charge in [0.05, 0.1) is 13.2 Å². The average Bonchev–Trinajstić information content (AvgIpc) is 2.89. The highest BCUT2D eigenvalue weighted by molar-refractivity contribution is 7.09. The molecule has 0 spiro atoms. The molecule has 2 rings (SSSR count). The first-order valence-electron chi connectivity index (χ1n) is 6.83. The van der Waals surface area contributed by atoms with E-state index in [0.717, 1.165) is 35.2 Å². The van der Waals surface area contributed by atoms with Gasteiger partial charge in [-0.3, -0.25) is 0 Å². The van der Waals surface area contributed by atoms with E-state index in [1.54, 1.807) is 11.3 Å². The number of aliphatic hydroxyl groups is 1. The Kier molecular flexibility index (Phi) is 5.38. The van der Waals surface area contributed by atoms with Gasteiger partial charge in [0, 0.05) is 35.5 Å². The third-order valence-corrected chi connectivity index (χ3v) is 4.06. The van der Waals surface area contributed by atoms with Crippen molar-refractivity contribution in [2.24, 2.45) is 0 Å². The number of benzene rings is 1. The van der Waals surface area contributed by atoms with Gasteiger partial charge in [-0.2, -0.15) is 0 Å². The van der Waals surface area contributed by atoms with Crippen LogP contribution in [0.25, 0.3) is 0 Å². The summed E-state index contributed by atoms with van der Waals surface area (Å²) >= 11 is 1.68. The fourth-order valence-electron chi connectivity index (χ4n) is 2.04. The number of hydrogen-bond donors (Lipinski definition) is 2. The molecule has 2 N–H and O–H groups in total. The Morgan fingerprint density at radius 1 is 1.30 bits per heavy atom. The van der Waals surface area contributed by atoms with Gasteiger partial charge in [0.1, 0.15) is 5.01 Å². The summed E-state index contributed by atoms with van der Waals surface area (Å²) in [6.07, 6.45) is 0. The van der Waals surface area contributed by atoms with E-state index >= 15 is 0 Å². The van der Waals surface area contributed by atoms with Crippen LogP contribution in [0.15, 0.2) is 29.6 Å². The molecule has 0 saturated heterocycles. The van der Waals surface area contributed by atoms with E-state index < -0.39 is 0 Å². The molecule has 0 aliphatic rings. The first-order valence-corrected chi connectivity index (χ1v) is 7.71. The molecule has 0 radical (unpaired) electrons. The van der Waals surface area contributed by atoms with E-state index in [9.17, 15) is 0 Å². The lowest BCUT2D eigenvalue weighted by Crippen LogP contribution is -2.25. The molecule has 0 bridgehead atoms. The number of hydrogen-bond acceptors (Lipinski definition) is 5. The maximum atomic E-state index is 9.04. The van der Waals surface area contributed by atoms with Gasteiger partial charge in [-0.25, -0.2) is 4.98 Å². The Balaban J connectivity index is 1.94. The van der Waals surface area contributed by atoms with Crippen LogP contribution in [0.3, 0.4) is 0 Å². The third kappa shape index (κ3) is 3.95. The van der Waals surface area contributed by atoms with Crippen LogP contribution >= 0.6 is 11.3 Å². The van der Waals surface area contributed by atoms with E-state index in [1.807, 2.05) is 6.92 Å². The summed E-state index contributed by atoms with van der Waals surface area (Å²) in [5, 5.41) is 15.6.